The van der Waals surface area contributed by atoms with Crippen molar-refractivity contribution in [2.45, 2.75) is 37.5 Å². The monoisotopic (exact) mass is 456 g/mol. The molecule has 0 radical (unpaired) electrons. The predicted molar refractivity (Wildman–Crippen MR) is 105 cm³/mol. The summed E-state index contributed by atoms with van der Waals surface area (Å²) in [6, 6.07) is 6.53. The molecule has 0 saturated carbocycles. The number of hydrogen-bond donors (Lipinski definition) is 2. The van der Waals surface area contributed by atoms with Crippen LogP contribution in [0.3, 0.4) is 0 Å². The van der Waals surface area contributed by atoms with Gasteiger partial charge in [-0.15, -0.1) is 0 Å². The largest absolute Gasteiger partial charge is 0.490 e. The number of aromatic nitrogens is 3. The molecule has 0 bridgehead atoms. The molecule has 0 amide bonds. The van der Waals surface area contributed by atoms with Gasteiger partial charge in [0, 0.05) is 29.0 Å². The van der Waals surface area contributed by atoms with Crippen molar-refractivity contribution in [2.75, 3.05) is 6.61 Å². The number of H-pyrrole nitrogens is 1. The van der Waals surface area contributed by atoms with Crippen molar-refractivity contribution in [1.29, 1.82) is 0 Å². The summed E-state index contributed by atoms with van der Waals surface area (Å²) in [5.74, 6) is -2.40. The Hall–Kier alpha value is -2.99. The molecule has 0 aliphatic heterocycles. The highest BCUT2D eigenvalue weighted by atomic mass is 32.2. The zero-order valence-corrected chi connectivity index (χ0v) is 17.6. The highest BCUT2D eigenvalue weighted by Gasteiger charge is 2.42. The van der Waals surface area contributed by atoms with Gasteiger partial charge in [-0.05, 0) is 50.6 Å². The molecule has 0 fully saturated rings. The Morgan fingerprint density at radius 2 is 1.90 bits per heavy atom. The third-order valence-corrected chi connectivity index (χ3v) is 5.81. The molecule has 3 aromatic rings. The van der Waals surface area contributed by atoms with Crippen LogP contribution in [0.25, 0.3) is 22.2 Å². The lowest BCUT2D eigenvalue weighted by molar-refractivity contribution is -0.201. The molecule has 12 heteroatoms. The number of halogens is 3. The second-order valence-corrected chi connectivity index (χ2v) is 9.15. The predicted octanol–water partition coefficient (Wildman–Crippen LogP) is 3.10. The number of carbonyl (C=O) groups excluding carboxylic acids is 1. The summed E-state index contributed by atoms with van der Waals surface area (Å²) in [7, 11) is -4.19. The number of aryl methyl sites for hydroxylation is 1. The third kappa shape index (κ3) is 5.20. The van der Waals surface area contributed by atoms with Crippen molar-refractivity contribution in [2.24, 2.45) is 0 Å². The van der Waals surface area contributed by atoms with E-state index in [1.807, 2.05) is 13.0 Å². The number of ether oxygens (including phenoxy) is 1. The first-order chi connectivity index (χ1) is 14.3. The minimum Gasteiger partial charge on any atom is -0.457 e. The molecule has 0 spiro atoms. The topological polar surface area (TPSA) is 114 Å². The second kappa shape index (κ2) is 7.93. The SMILES string of the molecule is Cc1cc2c(-c3ccc(S(=O)(=O)NC(C)(C)COC(=O)C(F)(F)F)nc3)ccnc2[nH]1. The van der Waals surface area contributed by atoms with Crippen LogP contribution >= 0.6 is 0 Å². The van der Waals surface area contributed by atoms with Gasteiger partial charge in [0.15, 0.2) is 5.03 Å². The number of nitrogens with one attached hydrogen (secondary N) is 2. The number of pyridine rings is 2. The molecule has 166 valence electrons. The first-order valence-corrected chi connectivity index (χ1v) is 10.5. The van der Waals surface area contributed by atoms with Crippen LogP contribution < -0.4 is 4.72 Å². The fraction of sp³-hybridized carbons (Fsp3) is 0.316. The smallest absolute Gasteiger partial charge is 0.457 e. The van der Waals surface area contributed by atoms with Crippen LogP contribution in [0, 0.1) is 6.92 Å². The molecule has 0 aliphatic carbocycles. The minimum atomic E-state index is -5.16. The molecular weight excluding hydrogens is 437 g/mol. The highest BCUT2D eigenvalue weighted by Crippen LogP contribution is 2.28. The van der Waals surface area contributed by atoms with Gasteiger partial charge in [-0.1, -0.05) is 0 Å². The van der Waals surface area contributed by atoms with E-state index in [1.54, 1.807) is 18.3 Å². The summed E-state index contributed by atoms with van der Waals surface area (Å²) < 4.78 is 68.4. The average Bonchev–Trinajstić information content (AvgIpc) is 3.05. The molecule has 2 N–H and O–H groups in total. The van der Waals surface area contributed by atoms with Crippen LogP contribution in [0.4, 0.5) is 13.2 Å². The molecule has 3 aromatic heterocycles. The van der Waals surface area contributed by atoms with Crippen molar-refractivity contribution in [3.63, 3.8) is 0 Å². The van der Waals surface area contributed by atoms with Gasteiger partial charge in [-0.25, -0.2) is 27.9 Å². The summed E-state index contributed by atoms with van der Waals surface area (Å²) in [6.07, 6.45) is -2.17. The van der Waals surface area contributed by atoms with Gasteiger partial charge in [-0.2, -0.15) is 13.2 Å². The van der Waals surface area contributed by atoms with Crippen LogP contribution in [0.1, 0.15) is 19.5 Å². The van der Waals surface area contributed by atoms with E-state index in [2.05, 4.69) is 24.4 Å². The van der Waals surface area contributed by atoms with Crippen LogP contribution in [-0.4, -0.2) is 47.7 Å². The van der Waals surface area contributed by atoms with Gasteiger partial charge in [0.2, 0.25) is 0 Å². The molecule has 0 saturated heterocycles. The van der Waals surface area contributed by atoms with Crippen molar-refractivity contribution in [1.82, 2.24) is 19.7 Å². The lowest BCUT2D eigenvalue weighted by atomic mass is 10.1. The Morgan fingerprint density at radius 1 is 1.19 bits per heavy atom. The summed E-state index contributed by atoms with van der Waals surface area (Å²) in [4.78, 5) is 22.2. The average molecular weight is 456 g/mol. The van der Waals surface area contributed by atoms with Crippen molar-refractivity contribution >= 4 is 27.0 Å². The summed E-state index contributed by atoms with van der Waals surface area (Å²) in [5, 5.41) is 0.519. The number of esters is 1. The Balaban J connectivity index is 1.78. The van der Waals surface area contributed by atoms with E-state index in [-0.39, 0.29) is 5.03 Å². The number of rotatable bonds is 6. The number of hydrogen-bond acceptors (Lipinski definition) is 6. The van der Waals surface area contributed by atoms with Crippen LogP contribution in [0.2, 0.25) is 0 Å². The van der Waals surface area contributed by atoms with Gasteiger partial charge in [0.25, 0.3) is 10.0 Å². The van der Waals surface area contributed by atoms with E-state index in [0.29, 0.717) is 11.2 Å². The maximum atomic E-state index is 12.6. The first-order valence-electron chi connectivity index (χ1n) is 8.97. The molecule has 3 rings (SSSR count). The summed E-state index contributed by atoms with van der Waals surface area (Å²) in [5.41, 5.74) is 1.56. The van der Waals surface area contributed by atoms with Gasteiger partial charge in [-0.3, -0.25) is 0 Å². The molecule has 3 heterocycles. The number of alkyl halides is 3. The van der Waals surface area contributed by atoms with Crippen molar-refractivity contribution in [3.8, 4) is 11.1 Å². The fourth-order valence-electron chi connectivity index (χ4n) is 2.88. The van der Waals surface area contributed by atoms with Gasteiger partial charge in [0.1, 0.15) is 12.3 Å². The van der Waals surface area contributed by atoms with E-state index in [9.17, 15) is 26.4 Å². The Morgan fingerprint density at radius 3 is 2.52 bits per heavy atom. The first kappa shape index (κ1) is 22.7. The zero-order chi connectivity index (χ0) is 23.0. The molecule has 0 unspecified atom stereocenters. The van der Waals surface area contributed by atoms with E-state index < -0.39 is 34.3 Å². The number of nitrogens with zero attached hydrogens (tertiary/aromatic N) is 2. The molecule has 0 atom stereocenters. The maximum Gasteiger partial charge on any atom is 0.490 e. The lowest BCUT2D eigenvalue weighted by Gasteiger charge is -2.25. The molecular formula is C19H19F3N4O4S. The van der Waals surface area contributed by atoms with Gasteiger partial charge >= 0.3 is 12.1 Å². The van der Waals surface area contributed by atoms with Gasteiger partial charge < -0.3 is 9.72 Å². The minimum absolute atomic E-state index is 0.331. The molecule has 0 aliphatic rings. The standard InChI is InChI=1S/C19H19F3N4O4S/c1-11-8-14-13(6-7-23-16(14)25-11)12-4-5-15(24-9-12)31(28,29)26-18(2,3)10-30-17(27)19(20,21)22/h4-9,26H,10H2,1-3H3,(H,23,25). The highest BCUT2D eigenvalue weighted by molar-refractivity contribution is 7.89. The number of carbonyl (C=O) groups is 1. The maximum absolute atomic E-state index is 12.6. The van der Waals surface area contributed by atoms with Gasteiger partial charge in [0.05, 0.1) is 5.54 Å². The summed E-state index contributed by atoms with van der Waals surface area (Å²) in [6.45, 7) is 3.64. The second-order valence-electron chi connectivity index (χ2n) is 7.52. The van der Waals surface area contributed by atoms with E-state index in [1.165, 1.54) is 26.1 Å². The Labute approximate surface area is 175 Å². The summed E-state index contributed by atoms with van der Waals surface area (Å²) >= 11 is 0. The third-order valence-electron chi connectivity index (χ3n) is 4.20. The lowest BCUT2D eigenvalue weighted by Crippen LogP contribution is -2.48. The van der Waals surface area contributed by atoms with E-state index in [4.69, 9.17) is 0 Å². The molecule has 0 aromatic carbocycles. The quantitative estimate of drug-likeness (QED) is 0.551. The van der Waals surface area contributed by atoms with Crippen LogP contribution in [0.5, 0.6) is 0 Å². The van der Waals surface area contributed by atoms with Crippen LogP contribution in [-0.2, 0) is 19.6 Å². The zero-order valence-electron chi connectivity index (χ0n) is 16.7. The molecule has 8 nitrogen and oxygen atoms in total. The van der Waals surface area contributed by atoms with E-state index >= 15 is 0 Å². The van der Waals surface area contributed by atoms with Crippen molar-refractivity contribution < 1.29 is 31.1 Å². The number of aromatic amines is 1. The number of sulfonamides is 1. The van der Waals surface area contributed by atoms with Crippen LogP contribution in [0.15, 0.2) is 41.7 Å². The molecule has 31 heavy (non-hydrogen) atoms. The fourth-order valence-corrected chi connectivity index (χ4v) is 4.21. The number of fused-ring (bicyclic) bond motifs is 1. The Kier molecular flexibility index (Phi) is 5.80. The Bertz CT molecular complexity index is 1220. The normalized spacial score (nSPS) is 12.8. The van der Waals surface area contributed by atoms with E-state index in [0.717, 1.165) is 16.6 Å². The van der Waals surface area contributed by atoms with Crippen molar-refractivity contribution in [3.05, 3.63) is 42.4 Å².